The highest BCUT2D eigenvalue weighted by Gasteiger charge is 2.04. The minimum Gasteiger partial charge on any atom is -0.493 e. The van der Waals surface area contributed by atoms with Gasteiger partial charge in [0.2, 0.25) is 0 Å². The van der Waals surface area contributed by atoms with Crippen LogP contribution in [0.1, 0.15) is 5.56 Å². The summed E-state index contributed by atoms with van der Waals surface area (Å²) in [6.07, 6.45) is 2.11. The van der Waals surface area contributed by atoms with Gasteiger partial charge in [-0.05, 0) is 42.6 Å². The number of para-hydroxylation sites is 2. The number of hydrogen-bond acceptors (Lipinski definition) is 2. The summed E-state index contributed by atoms with van der Waals surface area (Å²) >= 11 is 0. The van der Waals surface area contributed by atoms with Crippen LogP contribution in [0.4, 0.5) is 0 Å². The number of ether oxygens (including phenoxy) is 2. The van der Waals surface area contributed by atoms with Gasteiger partial charge in [-0.3, -0.25) is 0 Å². The molecule has 0 amide bonds. The van der Waals surface area contributed by atoms with E-state index in [4.69, 9.17) is 9.47 Å². The summed E-state index contributed by atoms with van der Waals surface area (Å²) in [6.45, 7) is 3.53. The fourth-order valence-electron chi connectivity index (χ4n) is 2.51. The molecule has 0 N–H and O–H groups in total. The van der Waals surface area contributed by atoms with Crippen LogP contribution in [0.15, 0.2) is 54.7 Å². The fourth-order valence-corrected chi connectivity index (χ4v) is 2.51. The predicted molar refractivity (Wildman–Crippen MR) is 85.2 cm³/mol. The average Bonchev–Trinajstić information content (AvgIpc) is 2.90. The van der Waals surface area contributed by atoms with Crippen LogP contribution in [0.3, 0.4) is 0 Å². The van der Waals surface area contributed by atoms with Crippen LogP contribution in [0.5, 0.6) is 11.5 Å². The van der Waals surface area contributed by atoms with E-state index in [9.17, 15) is 0 Å². The largest absolute Gasteiger partial charge is 0.493 e. The standard InChI is InChI=1S/C18H19NO2/c1-14-7-8-16-15(13-14)9-10-19(16)11-12-21-18-6-4-3-5-17(18)20-2/h3-10,13H,11-12H2,1-2H3. The zero-order valence-electron chi connectivity index (χ0n) is 12.4. The van der Waals surface area contributed by atoms with Crippen LogP contribution in [0.2, 0.25) is 0 Å². The Morgan fingerprint density at radius 1 is 1.00 bits per heavy atom. The zero-order valence-corrected chi connectivity index (χ0v) is 12.4. The van der Waals surface area contributed by atoms with Crippen molar-refractivity contribution in [1.29, 1.82) is 0 Å². The molecule has 0 saturated heterocycles. The lowest BCUT2D eigenvalue weighted by Gasteiger charge is -2.11. The second-order valence-corrected chi connectivity index (χ2v) is 5.07. The van der Waals surface area contributed by atoms with Crippen LogP contribution in [-0.4, -0.2) is 18.3 Å². The van der Waals surface area contributed by atoms with Crippen molar-refractivity contribution in [1.82, 2.24) is 4.57 Å². The van der Waals surface area contributed by atoms with E-state index in [0.717, 1.165) is 18.0 Å². The monoisotopic (exact) mass is 281 g/mol. The molecule has 0 bridgehead atoms. The Balaban J connectivity index is 1.69. The molecule has 3 rings (SSSR count). The van der Waals surface area contributed by atoms with Crippen molar-refractivity contribution in [3.05, 3.63) is 60.3 Å². The summed E-state index contributed by atoms with van der Waals surface area (Å²) in [7, 11) is 1.66. The maximum absolute atomic E-state index is 5.83. The molecule has 0 atom stereocenters. The molecule has 21 heavy (non-hydrogen) atoms. The smallest absolute Gasteiger partial charge is 0.161 e. The average molecular weight is 281 g/mol. The SMILES string of the molecule is COc1ccccc1OCCn1ccc2cc(C)ccc21. The molecular weight excluding hydrogens is 262 g/mol. The maximum Gasteiger partial charge on any atom is 0.161 e. The number of benzene rings is 2. The molecule has 0 aliphatic heterocycles. The predicted octanol–water partition coefficient (Wildman–Crippen LogP) is 4.04. The molecule has 1 aromatic heterocycles. The highest BCUT2D eigenvalue weighted by molar-refractivity contribution is 5.80. The third-order valence-electron chi connectivity index (χ3n) is 3.59. The molecule has 1 heterocycles. The summed E-state index contributed by atoms with van der Waals surface area (Å²) in [4.78, 5) is 0. The molecule has 2 aromatic carbocycles. The number of fused-ring (bicyclic) bond motifs is 1. The Kier molecular flexibility index (Phi) is 3.82. The lowest BCUT2D eigenvalue weighted by molar-refractivity contribution is 0.281. The molecule has 0 fully saturated rings. The lowest BCUT2D eigenvalue weighted by atomic mass is 10.2. The molecule has 3 nitrogen and oxygen atoms in total. The van der Waals surface area contributed by atoms with E-state index in [1.165, 1.54) is 16.5 Å². The zero-order chi connectivity index (χ0) is 14.7. The minimum absolute atomic E-state index is 0.609. The van der Waals surface area contributed by atoms with Gasteiger partial charge in [-0.2, -0.15) is 0 Å². The van der Waals surface area contributed by atoms with E-state index in [0.29, 0.717) is 6.61 Å². The normalized spacial score (nSPS) is 10.8. The first-order valence-corrected chi connectivity index (χ1v) is 7.09. The molecule has 0 aliphatic carbocycles. The molecule has 0 aliphatic rings. The number of nitrogens with zero attached hydrogens (tertiary/aromatic N) is 1. The third kappa shape index (κ3) is 2.87. The van der Waals surface area contributed by atoms with Gasteiger partial charge in [0.25, 0.3) is 0 Å². The highest BCUT2D eigenvalue weighted by Crippen LogP contribution is 2.25. The van der Waals surface area contributed by atoms with E-state index in [2.05, 4.69) is 42.0 Å². The van der Waals surface area contributed by atoms with Crippen molar-refractivity contribution < 1.29 is 9.47 Å². The van der Waals surface area contributed by atoms with E-state index in [-0.39, 0.29) is 0 Å². The molecule has 3 aromatic rings. The summed E-state index contributed by atoms with van der Waals surface area (Å²) in [5, 5.41) is 1.27. The number of aromatic nitrogens is 1. The Morgan fingerprint density at radius 3 is 2.62 bits per heavy atom. The molecule has 0 unspecified atom stereocenters. The van der Waals surface area contributed by atoms with E-state index in [1.54, 1.807) is 7.11 Å². The Morgan fingerprint density at radius 2 is 1.81 bits per heavy atom. The van der Waals surface area contributed by atoms with E-state index >= 15 is 0 Å². The van der Waals surface area contributed by atoms with Crippen LogP contribution >= 0.6 is 0 Å². The van der Waals surface area contributed by atoms with Crippen LogP contribution < -0.4 is 9.47 Å². The quantitative estimate of drug-likeness (QED) is 0.704. The summed E-state index contributed by atoms with van der Waals surface area (Å²) in [5.74, 6) is 1.55. The van der Waals surface area contributed by atoms with Gasteiger partial charge in [0.1, 0.15) is 6.61 Å². The number of rotatable bonds is 5. The topological polar surface area (TPSA) is 23.4 Å². The molecular formula is C18H19NO2. The maximum atomic E-state index is 5.83. The van der Waals surface area contributed by atoms with Gasteiger partial charge < -0.3 is 14.0 Å². The molecule has 3 heteroatoms. The van der Waals surface area contributed by atoms with Crippen molar-refractivity contribution in [3.63, 3.8) is 0 Å². The first-order valence-electron chi connectivity index (χ1n) is 7.09. The third-order valence-corrected chi connectivity index (χ3v) is 3.59. The van der Waals surface area contributed by atoms with Crippen molar-refractivity contribution >= 4 is 10.9 Å². The lowest BCUT2D eigenvalue weighted by Crippen LogP contribution is -2.07. The summed E-state index contributed by atoms with van der Waals surface area (Å²) in [5.41, 5.74) is 2.52. The number of hydrogen-bond donors (Lipinski definition) is 0. The molecule has 0 radical (unpaired) electrons. The second kappa shape index (κ2) is 5.92. The van der Waals surface area contributed by atoms with Crippen LogP contribution in [0.25, 0.3) is 10.9 Å². The molecule has 0 spiro atoms. The van der Waals surface area contributed by atoms with Gasteiger partial charge in [0.05, 0.1) is 13.7 Å². The van der Waals surface area contributed by atoms with Gasteiger partial charge in [0.15, 0.2) is 11.5 Å². The van der Waals surface area contributed by atoms with Gasteiger partial charge in [-0.15, -0.1) is 0 Å². The van der Waals surface area contributed by atoms with Crippen molar-refractivity contribution in [3.8, 4) is 11.5 Å². The van der Waals surface area contributed by atoms with Gasteiger partial charge in [0, 0.05) is 11.7 Å². The van der Waals surface area contributed by atoms with Gasteiger partial charge in [-0.1, -0.05) is 23.8 Å². The van der Waals surface area contributed by atoms with Gasteiger partial charge >= 0.3 is 0 Å². The Hall–Kier alpha value is -2.42. The second-order valence-electron chi connectivity index (χ2n) is 5.07. The number of aryl methyl sites for hydroxylation is 1. The fraction of sp³-hybridized carbons (Fsp3) is 0.222. The first-order chi connectivity index (χ1) is 10.3. The van der Waals surface area contributed by atoms with E-state index < -0.39 is 0 Å². The first kappa shape index (κ1) is 13.6. The summed E-state index contributed by atoms with van der Waals surface area (Å²) in [6, 6.07) is 16.4. The van der Waals surface area contributed by atoms with Gasteiger partial charge in [-0.25, -0.2) is 0 Å². The summed E-state index contributed by atoms with van der Waals surface area (Å²) < 4.78 is 13.3. The van der Waals surface area contributed by atoms with Crippen molar-refractivity contribution in [2.24, 2.45) is 0 Å². The molecule has 108 valence electrons. The Labute approximate surface area is 124 Å². The number of methoxy groups -OCH3 is 1. The van der Waals surface area contributed by atoms with E-state index in [1.807, 2.05) is 24.3 Å². The van der Waals surface area contributed by atoms with Crippen molar-refractivity contribution in [2.75, 3.05) is 13.7 Å². The highest BCUT2D eigenvalue weighted by atomic mass is 16.5. The minimum atomic E-state index is 0.609. The van der Waals surface area contributed by atoms with Crippen molar-refractivity contribution in [2.45, 2.75) is 13.5 Å². The van der Waals surface area contributed by atoms with Crippen LogP contribution in [0, 0.1) is 6.92 Å². The molecule has 0 saturated carbocycles. The van der Waals surface area contributed by atoms with Crippen LogP contribution in [-0.2, 0) is 6.54 Å². The Bertz CT molecular complexity index is 746.